The Labute approximate surface area is 512 Å². The zero-order valence-electron chi connectivity index (χ0n) is 49.6. The molecule has 414 valence electrons. The van der Waals surface area contributed by atoms with Crippen LogP contribution in [0.15, 0.2) is 291 Å². The van der Waals surface area contributed by atoms with E-state index >= 15 is 0 Å². The Morgan fingerprint density at radius 1 is 0.273 bits per heavy atom. The molecule has 18 rings (SSSR count). The van der Waals surface area contributed by atoms with E-state index in [0.717, 1.165) is 39.5 Å². The average Bonchev–Trinajstić information content (AvgIpc) is 1.39. The van der Waals surface area contributed by atoms with Crippen LogP contribution in [0.5, 0.6) is 0 Å². The Bertz CT molecular complexity index is 5480. The van der Waals surface area contributed by atoms with E-state index in [1.165, 1.54) is 137 Å². The largest absolute Gasteiger partial charge is 0.310 e. The number of rotatable bonds is 8. The molecule has 2 aliphatic rings. The van der Waals surface area contributed by atoms with E-state index in [2.05, 4.69) is 328 Å². The van der Waals surface area contributed by atoms with E-state index in [1.807, 2.05) is 0 Å². The molecule has 0 bridgehead atoms. The molecule has 0 N–H and O–H groups in total. The van der Waals surface area contributed by atoms with Gasteiger partial charge in [0.2, 0.25) is 0 Å². The molecule has 2 nitrogen and oxygen atoms in total. The lowest BCUT2D eigenvalue weighted by Crippen LogP contribution is -2.15. The predicted octanol–water partition coefficient (Wildman–Crippen LogP) is 23.6. The van der Waals surface area contributed by atoms with Crippen molar-refractivity contribution in [3.8, 4) is 72.6 Å². The highest BCUT2D eigenvalue weighted by molar-refractivity contribution is 6.28. The summed E-state index contributed by atoms with van der Waals surface area (Å²) in [4.78, 5) is 2.42. The van der Waals surface area contributed by atoms with Gasteiger partial charge in [0, 0.05) is 44.2 Å². The number of hydrogen-bond acceptors (Lipinski definition) is 1. The van der Waals surface area contributed by atoms with Crippen LogP contribution in [-0.2, 0) is 10.8 Å². The summed E-state index contributed by atoms with van der Waals surface area (Å²) in [6.07, 6.45) is 0. The summed E-state index contributed by atoms with van der Waals surface area (Å²) in [6.45, 7) is 9.64. The van der Waals surface area contributed by atoms with Gasteiger partial charge in [-0.15, -0.1) is 0 Å². The zero-order valence-corrected chi connectivity index (χ0v) is 49.6. The summed E-state index contributed by atoms with van der Waals surface area (Å²) >= 11 is 0. The van der Waals surface area contributed by atoms with Crippen molar-refractivity contribution in [2.75, 3.05) is 4.90 Å². The zero-order chi connectivity index (χ0) is 58.6. The number of para-hydroxylation sites is 2. The first-order valence-electron chi connectivity index (χ1n) is 31.0. The molecule has 0 atom stereocenters. The third-order valence-electron chi connectivity index (χ3n) is 20.1. The van der Waals surface area contributed by atoms with Gasteiger partial charge < -0.3 is 9.47 Å². The SMILES string of the molecule is CC1(C)c2ccccc2-c2ccc(-c3c4cc(N(c5ccccc5)c5ccccc5)ccc4c(-c4ccc5c(c4)C(C)(C)c4ccccc4-5)c4cc5c(cc34)c(-c3ccccc3)c(-c3ccccc3)n5-c3ccc4ccc5cccc6ccc3c4c56)cc21. The second kappa shape index (κ2) is 18.8. The van der Waals surface area contributed by atoms with Crippen molar-refractivity contribution < 1.29 is 0 Å². The molecule has 88 heavy (non-hydrogen) atoms. The third-order valence-corrected chi connectivity index (χ3v) is 20.1. The minimum atomic E-state index is -0.221. The predicted molar refractivity (Wildman–Crippen MR) is 374 cm³/mol. The molecule has 15 aromatic carbocycles. The van der Waals surface area contributed by atoms with Gasteiger partial charge >= 0.3 is 0 Å². The maximum atomic E-state index is 2.63. The highest BCUT2D eigenvalue weighted by Crippen LogP contribution is 2.56. The first kappa shape index (κ1) is 50.5. The fraction of sp³-hybridized carbons (Fsp3) is 0.0698. The van der Waals surface area contributed by atoms with Crippen LogP contribution < -0.4 is 4.90 Å². The number of aromatic nitrogens is 1. The second-order valence-corrected chi connectivity index (χ2v) is 25.5. The molecule has 0 aliphatic heterocycles. The first-order valence-corrected chi connectivity index (χ1v) is 31.0. The summed E-state index contributed by atoms with van der Waals surface area (Å²) in [7, 11) is 0. The minimum absolute atomic E-state index is 0.215. The standard InChI is InChI=1S/C86H60N2/c1-85(2)73-34-19-17-32-63(73)65-43-39-58(48-75(65)85)80-67-46-42-62(87(60-28-13-7-14-29-60)61-30-15-8-16-31-61)50-69(67)81(59-40-44-66-64-33-18-20-35-74(64)86(3,4)76(66)49-59)70-51-72-78(52-71(70)80)88(84(57-24-11-6-12-25-57)83(72)53-22-9-5-10-23-53)77-47-41-56-37-36-54-26-21-27-55-38-45-68(77)82(56)79(54)55/h5-52H,1-4H3. The number of benzene rings is 15. The molecule has 0 saturated heterocycles. The molecule has 0 unspecified atom stereocenters. The first-order chi connectivity index (χ1) is 43.2. The van der Waals surface area contributed by atoms with Crippen molar-refractivity contribution in [3.05, 3.63) is 313 Å². The molecule has 0 saturated carbocycles. The molecule has 0 fully saturated rings. The van der Waals surface area contributed by atoms with Gasteiger partial charge in [-0.1, -0.05) is 252 Å². The van der Waals surface area contributed by atoms with Gasteiger partial charge in [0.25, 0.3) is 0 Å². The van der Waals surface area contributed by atoms with Crippen LogP contribution in [0.1, 0.15) is 49.9 Å². The molecule has 1 aromatic heterocycles. The van der Waals surface area contributed by atoms with Crippen LogP contribution in [0.4, 0.5) is 17.1 Å². The van der Waals surface area contributed by atoms with E-state index in [0.29, 0.717) is 0 Å². The molecule has 0 spiro atoms. The lowest BCUT2D eigenvalue weighted by molar-refractivity contribution is 0.660. The highest BCUT2D eigenvalue weighted by atomic mass is 15.1. The van der Waals surface area contributed by atoms with E-state index in [9.17, 15) is 0 Å². The van der Waals surface area contributed by atoms with Gasteiger partial charge in [-0.2, -0.15) is 0 Å². The summed E-state index contributed by atoms with van der Waals surface area (Å²) in [5, 5.41) is 13.6. The maximum absolute atomic E-state index is 2.63. The van der Waals surface area contributed by atoms with Crippen LogP contribution in [0.2, 0.25) is 0 Å². The minimum Gasteiger partial charge on any atom is -0.310 e. The Balaban J connectivity index is 1.04. The number of anilines is 3. The Morgan fingerprint density at radius 2 is 0.739 bits per heavy atom. The van der Waals surface area contributed by atoms with Crippen LogP contribution in [-0.4, -0.2) is 4.57 Å². The van der Waals surface area contributed by atoms with E-state index in [1.54, 1.807) is 0 Å². The molecule has 1 heterocycles. The lowest BCUT2D eigenvalue weighted by atomic mass is 9.79. The van der Waals surface area contributed by atoms with E-state index < -0.39 is 0 Å². The molecule has 16 aromatic rings. The smallest absolute Gasteiger partial charge is 0.0619 e. The van der Waals surface area contributed by atoms with Gasteiger partial charge in [0.05, 0.1) is 16.9 Å². The van der Waals surface area contributed by atoms with Gasteiger partial charge in [0.1, 0.15) is 0 Å². The quantitative estimate of drug-likeness (QED) is 0.109. The lowest BCUT2D eigenvalue weighted by Gasteiger charge is -2.27. The Kier molecular flexibility index (Phi) is 10.8. The maximum Gasteiger partial charge on any atom is 0.0619 e. The molecular formula is C86H60N2. The van der Waals surface area contributed by atoms with Crippen LogP contribution in [0, 0.1) is 0 Å². The number of hydrogen-bond donors (Lipinski definition) is 0. The fourth-order valence-electron chi connectivity index (χ4n) is 16.0. The third kappa shape index (κ3) is 7.24. The van der Waals surface area contributed by atoms with Crippen molar-refractivity contribution in [2.45, 2.75) is 38.5 Å². The van der Waals surface area contributed by atoms with Gasteiger partial charge in [-0.3, -0.25) is 0 Å². The number of nitrogens with zero attached hydrogens (tertiary/aromatic N) is 2. The van der Waals surface area contributed by atoms with Crippen molar-refractivity contribution >= 4 is 81.8 Å². The highest BCUT2D eigenvalue weighted by Gasteiger charge is 2.38. The Hall–Kier alpha value is -10.8. The molecule has 0 amide bonds. The summed E-state index contributed by atoms with van der Waals surface area (Å²) in [5.41, 5.74) is 25.4. The second-order valence-electron chi connectivity index (χ2n) is 25.5. The normalized spacial score (nSPS) is 13.6. The number of fused-ring (bicyclic) bond motifs is 9. The van der Waals surface area contributed by atoms with Gasteiger partial charge in [0.15, 0.2) is 0 Å². The van der Waals surface area contributed by atoms with Crippen LogP contribution >= 0.6 is 0 Å². The molecule has 0 radical (unpaired) electrons. The van der Waals surface area contributed by atoms with Crippen LogP contribution in [0.25, 0.3) is 137 Å². The molecule has 2 aliphatic carbocycles. The monoisotopic (exact) mass is 1120 g/mol. The van der Waals surface area contributed by atoms with Gasteiger partial charge in [-0.25, -0.2) is 0 Å². The van der Waals surface area contributed by atoms with Crippen LogP contribution in [0.3, 0.4) is 0 Å². The Morgan fingerprint density at radius 3 is 1.34 bits per heavy atom. The van der Waals surface area contributed by atoms with Crippen molar-refractivity contribution in [3.63, 3.8) is 0 Å². The molecule has 2 heteroatoms. The van der Waals surface area contributed by atoms with Crippen molar-refractivity contribution in [2.24, 2.45) is 0 Å². The van der Waals surface area contributed by atoms with E-state index in [4.69, 9.17) is 0 Å². The van der Waals surface area contributed by atoms with E-state index in [-0.39, 0.29) is 10.8 Å². The average molecular weight is 1120 g/mol. The topological polar surface area (TPSA) is 8.17 Å². The van der Waals surface area contributed by atoms with Crippen molar-refractivity contribution in [1.29, 1.82) is 0 Å². The van der Waals surface area contributed by atoms with Gasteiger partial charge in [-0.05, 0) is 193 Å². The van der Waals surface area contributed by atoms with Crippen molar-refractivity contribution in [1.82, 2.24) is 4.57 Å². The summed E-state index contributed by atoms with van der Waals surface area (Å²) in [6, 6.07) is 110. The molecular weight excluding hydrogens is 1060 g/mol. The summed E-state index contributed by atoms with van der Waals surface area (Å²) < 4.78 is 2.63. The summed E-state index contributed by atoms with van der Waals surface area (Å²) in [5.74, 6) is 0. The fourth-order valence-corrected chi connectivity index (χ4v) is 16.0.